The van der Waals surface area contributed by atoms with Crippen molar-refractivity contribution in [3.8, 4) is 5.75 Å². The summed E-state index contributed by atoms with van der Waals surface area (Å²) in [7, 11) is 4.06. The lowest BCUT2D eigenvalue weighted by Gasteiger charge is -2.36. The maximum absolute atomic E-state index is 15.8. The summed E-state index contributed by atoms with van der Waals surface area (Å²) in [4.78, 5) is 261. The second-order valence-electron chi connectivity index (χ2n) is 34.9. The molecule has 129 heavy (non-hydrogen) atoms. The van der Waals surface area contributed by atoms with Crippen molar-refractivity contribution >= 4 is 134 Å². The number of unbranched alkanes of at least 4 members (excludes halogenated alkanes) is 2. The Morgan fingerprint density at radius 3 is 1.67 bits per heavy atom. The number of aliphatic hydroxyl groups is 1. The Morgan fingerprint density at radius 2 is 1.08 bits per heavy atom. The van der Waals surface area contributed by atoms with E-state index in [1.54, 1.807) is 70.4 Å². The number of hydrogen-bond acceptors (Lipinski definition) is 21. The van der Waals surface area contributed by atoms with Gasteiger partial charge in [0, 0.05) is 106 Å². The standard InChI is InChI=1S/C89H126N20O19S/c1-11-13-24-68-80(120)97-60(34-48(3)4)77(117)102-67(76(116)95-44-73(92)113)46-129-47-74(114)96-63(36-51-27-29-54(110)30-28-51)83(123)105(8)50(7)75(115)99-65(40-72(91)112)85(125)108-33-19-26-69(108)81(121)101-66(41-90)78(118)100-62(35-49(5)6)86(126)109-45-55(111)39-71(109)82(122)98-61(37-52-42-93-58-22-17-15-20-56(52)58)79(119)104-89(31-32-89)88(128)103-64(38-53-43-94-59-23-18-16-21-57(53)59)84(124)107(10)70(25-14-12-2)87(127)106(68)9/h15-18,20-23,27-30,42-43,48-50,55,60-71,93-94,110-111H,11-14,19,24-26,31-41,44-47,90H2,1-10H3,(H2,91,112)(H2,92,113)(H,95,116)(H,96,114)(H,97,120)(H,98,122)(H,99,115)(H,100,118)(H,101,121)(H,102,117)(H,103,128)(H,104,119)/t50-,55+,60-,61-,62-,63-,64-,65-,66-,67-,68-,69-,70-,71-/m0/s1. The molecule has 14 atom stereocenters. The van der Waals surface area contributed by atoms with Crippen LogP contribution in [0.2, 0.25) is 0 Å². The number of aromatic nitrogens is 2. The van der Waals surface area contributed by atoms with Crippen LogP contribution in [-0.4, -0.2) is 294 Å². The van der Waals surface area contributed by atoms with Crippen LogP contribution < -0.4 is 70.4 Å². The molecular formula is C89H126N20O19S. The number of amides is 17. The van der Waals surface area contributed by atoms with Gasteiger partial charge in [-0.2, -0.15) is 0 Å². The maximum atomic E-state index is 15.8. The van der Waals surface area contributed by atoms with Gasteiger partial charge in [-0.25, -0.2) is 0 Å². The molecule has 1 spiro atoms. The summed E-state index contributed by atoms with van der Waals surface area (Å²) < 4.78 is 0. The Bertz CT molecular complexity index is 4900. The van der Waals surface area contributed by atoms with Crippen molar-refractivity contribution in [3.05, 3.63) is 102 Å². The molecule has 17 amide bonds. The normalized spacial score (nSPS) is 25.6. The lowest BCUT2D eigenvalue weighted by molar-refractivity contribution is -0.149. The van der Waals surface area contributed by atoms with Crippen LogP contribution in [-0.2, 0) is 101 Å². The number of fused-ring (bicyclic) bond motifs is 4. The number of rotatable bonds is 22. The predicted octanol–water partition coefficient (Wildman–Crippen LogP) is -0.981. The van der Waals surface area contributed by atoms with Crippen LogP contribution >= 0.6 is 11.8 Å². The first-order valence-corrected chi connectivity index (χ1v) is 45.3. The van der Waals surface area contributed by atoms with E-state index >= 15 is 33.6 Å². The van der Waals surface area contributed by atoms with Crippen molar-refractivity contribution in [1.82, 2.24) is 87.6 Å². The minimum absolute atomic E-state index is 0.00298. The van der Waals surface area contributed by atoms with E-state index < -0.39 is 222 Å². The lowest BCUT2D eigenvalue weighted by Crippen LogP contribution is -2.62. The molecule has 0 radical (unpaired) electrons. The van der Waals surface area contributed by atoms with Crippen LogP contribution in [0.5, 0.6) is 5.75 Å². The summed E-state index contributed by atoms with van der Waals surface area (Å²) >= 11 is 0.807. The molecule has 2 aromatic heterocycles. The molecule has 20 N–H and O–H groups in total. The molecule has 1 aliphatic carbocycles. The number of para-hydroxylation sites is 2. The lowest BCUT2D eigenvalue weighted by atomic mass is 9.99. The largest absolute Gasteiger partial charge is 0.508 e. The Labute approximate surface area is 753 Å². The Morgan fingerprint density at radius 1 is 0.550 bits per heavy atom. The van der Waals surface area contributed by atoms with E-state index in [-0.39, 0.29) is 107 Å². The molecule has 3 saturated heterocycles. The summed E-state index contributed by atoms with van der Waals surface area (Å²) in [5.74, 6) is -16.5. The second kappa shape index (κ2) is 46.2. The monoisotopic (exact) mass is 1810 g/mol. The number of thioether (sulfide) groups is 1. The van der Waals surface area contributed by atoms with Crippen molar-refractivity contribution in [1.29, 1.82) is 0 Å². The molecule has 40 heteroatoms. The van der Waals surface area contributed by atoms with E-state index in [2.05, 4.69) is 63.1 Å². The van der Waals surface area contributed by atoms with E-state index in [1.165, 1.54) is 62.1 Å². The third-order valence-corrected chi connectivity index (χ3v) is 25.1. The zero-order valence-electron chi connectivity index (χ0n) is 74.8. The van der Waals surface area contributed by atoms with Crippen LogP contribution in [0, 0.1) is 11.8 Å². The van der Waals surface area contributed by atoms with Crippen molar-refractivity contribution in [2.24, 2.45) is 29.0 Å². The Hall–Kier alpha value is -12.2. The fourth-order valence-electron chi connectivity index (χ4n) is 16.5. The molecule has 5 heterocycles. The number of benzene rings is 3. The minimum atomic E-state index is -1.75. The SMILES string of the molecule is CCCC[C@H]1C(=O)N(C)[C@@H](CCCC)C(=O)N[C@@H](CC(C)C)C(=O)N[C@H](C(=O)NCC(N)=O)CSCC(=O)N[C@@H](Cc2ccc(O)cc2)C(=O)N(C)[C@@H](C)C(=O)N[C@@H](CC(N)=O)C(=O)N2CCC[C@H]2C(=O)N[C@@H](CN)C(=O)N[C@@H](CC(C)C)C(=O)N2C[C@H](O)C[C@H]2C(=O)N[C@@H](Cc2c[nH]c3ccccc23)C(=O)NC2(CC2)C(=O)N[C@@H](Cc2c[nH]c3ccccc23)C(=O)N1C. The molecule has 39 nitrogen and oxygen atoms in total. The number of carbonyl (C=O) groups is 17. The van der Waals surface area contributed by atoms with Crippen molar-refractivity contribution in [2.45, 2.75) is 248 Å². The highest BCUT2D eigenvalue weighted by molar-refractivity contribution is 8.00. The predicted molar refractivity (Wildman–Crippen MR) is 478 cm³/mol. The summed E-state index contributed by atoms with van der Waals surface area (Å²) in [5, 5.41) is 50.0. The summed E-state index contributed by atoms with van der Waals surface area (Å²) in [6.07, 6.45) is 2.53. The van der Waals surface area contributed by atoms with Crippen LogP contribution in [0.15, 0.2) is 85.2 Å². The summed E-state index contributed by atoms with van der Waals surface area (Å²) in [6, 6.07) is 1.02. The van der Waals surface area contributed by atoms with Gasteiger partial charge in [-0.3, -0.25) is 81.5 Å². The molecular weight excluding hydrogens is 1690 g/mol. The summed E-state index contributed by atoms with van der Waals surface area (Å²) in [6.45, 7) is 10.4. The third kappa shape index (κ3) is 26.7. The Balaban J connectivity index is 1.08. The number of phenolic OH excluding ortho intramolecular Hbond substituents is 1. The molecule has 5 aromatic rings. The molecule has 4 aliphatic rings. The molecule has 0 unspecified atom stereocenters. The van der Waals surface area contributed by atoms with Crippen LogP contribution in [0.25, 0.3) is 21.8 Å². The van der Waals surface area contributed by atoms with Gasteiger partial charge < -0.3 is 115 Å². The number of aliphatic hydroxyl groups excluding tert-OH is 1. The highest BCUT2D eigenvalue weighted by Gasteiger charge is 2.54. The van der Waals surface area contributed by atoms with Gasteiger partial charge in [0.25, 0.3) is 0 Å². The van der Waals surface area contributed by atoms with Gasteiger partial charge in [0.05, 0.1) is 24.8 Å². The number of nitrogens with one attached hydrogen (secondary N) is 12. The van der Waals surface area contributed by atoms with Gasteiger partial charge in [-0.1, -0.05) is 116 Å². The fourth-order valence-corrected chi connectivity index (χ4v) is 17.4. The number of primary amides is 2. The highest BCUT2D eigenvalue weighted by Crippen LogP contribution is 2.37. The van der Waals surface area contributed by atoms with Crippen LogP contribution in [0.1, 0.15) is 155 Å². The number of nitrogens with zero attached hydrogens (tertiary/aromatic N) is 5. The number of likely N-dealkylation sites (N-methyl/N-ethyl adjacent to an activating group) is 3. The van der Waals surface area contributed by atoms with Crippen LogP contribution in [0.4, 0.5) is 0 Å². The number of H-pyrrole nitrogens is 2. The first-order valence-electron chi connectivity index (χ1n) is 44.1. The van der Waals surface area contributed by atoms with E-state index in [1.807, 2.05) is 32.0 Å². The van der Waals surface area contributed by atoms with Gasteiger partial charge in [0.2, 0.25) is 100 Å². The number of carbonyl (C=O) groups excluding carboxylic acids is 17. The average Bonchev–Trinajstić information content (AvgIpc) is 1.57. The average molecular weight is 1810 g/mol. The second-order valence-corrected chi connectivity index (χ2v) is 35.9. The van der Waals surface area contributed by atoms with Gasteiger partial charge in [0.15, 0.2) is 0 Å². The number of phenols is 1. The van der Waals surface area contributed by atoms with E-state index in [9.17, 15) is 58.2 Å². The van der Waals surface area contributed by atoms with E-state index in [0.717, 1.165) is 26.5 Å². The fraction of sp³-hybridized carbons (Fsp3) is 0.562. The molecule has 3 aromatic carbocycles. The quantitative estimate of drug-likeness (QED) is 0.0396. The van der Waals surface area contributed by atoms with E-state index in [4.69, 9.17) is 17.2 Å². The zero-order valence-corrected chi connectivity index (χ0v) is 75.6. The van der Waals surface area contributed by atoms with Gasteiger partial charge in [-0.15, -0.1) is 11.8 Å². The molecule has 3 aliphatic heterocycles. The van der Waals surface area contributed by atoms with Gasteiger partial charge >= 0.3 is 0 Å². The third-order valence-electron chi connectivity index (χ3n) is 24.0. The van der Waals surface area contributed by atoms with E-state index in [0.29, 0.717) is 64.2 Å². The van der Waals surface area contributed by atoms with Gasteiger partial charge in [0.1, 0.15) is 89.8 Å². The number of nitrogens with two attached hydrogens (primary N) is 3. The van der Waals surface area contributed by atoms with Gasteiger partial charge in [-0.05, 0) is 111 Å². The van der Waals surface area contributed by atoms with Crippen molar-refractivity contribution < 1.29 is 91.7 Å². The highest BCUT2D eigenvalue weighted by atomic mass is 32.2. The molecule has 9 rings (SSSR count). The number of aromatic hydroxyl groups is 1. The molecule has 0 bridgehead atoms. The number of aromatic amines is 2. The first-order chi connectivity index (χ1) is 61.3. The number of hydrogen-bond donors (Lipinski definition) is 17. The molecule has 1 saturated carbocycles. The smallest absolute Gasteiger partial charge is 0.246 e. The topological polar surface area (TPSA) is 577 Å². The maximum Gasteiger partial charge on any atom is 0.246 e. The van der Waals surface area contributed by atoms with Crippen molar-refractivity contribution in [2.75, 3.05) is 58.8 Å². The molecule has 702 valence electrons. The minimum Gasteiger partial charge on any atom is -0.508 e. The molecule has 4 fully saturated rings. The first kappa shape index (κ1) is 101. The summed E-state index contributed by atoms with van der Waals surface area (Å²) in [5.41, 5.74) is 18.6. The van der Waals surface area contributed by atoms with Crippen molar-refractivity contribution in [3.63, 3.8) is 0 Å². The zero-order chi connectivity index (χ0) is 94.4. The Kier molecular flexibility index (Phi) is 36.0. The van der Waals surface area contributed by atoms with Crippen LogP contribution in [0.3, 0.4) is 0 Å².